The summed E-state index contributed by atoms with van der Waals surface area (Å²) in [4.78, 5) is 11.9. The van der Waals surface area contributed by atoms with Gasteiger partial charge in [-0.15, -0.1) is 0 Å². The summed E-state index contributed by atoms with van der Waals surface area (Å²) in [5.41, 5.74) is 8.14. The molecule has 0 aliphatic carbocycles. The van der Waals surface area contributed by atoms with Gasteiger partial charge in [-0.05, 0) is 56.4 Å². The number of amides is 1. The molecule has 21 heavy (non-hydrogen) atoms. The third kappa shape index (κ3) is 5.76. The molecule has 0 saturated carbocycles. The minimum absolute atomic E-state index is 0.0905. The van der Waals surface area contributed by atoms with Gasteiger partial charge in [0.2, 0.25) is 0 Å². The number of rotatable bonds is 7. The monoisotopic (exact) mass is 292 g/mol. The smallest absolute Gasteiger partial charge is 0.260 e. The first-order valence-electron chi connectivity index (χ1n) is 7.61. The lowest BCUT2D eigenvalue weighted by molar-refractivity contribution is -0.127. The van der Waals surface area contributed by atoms with E-state index in [1.807, 2.05) is 19.1 Å². The maximum Gasteiger partial charge on any atom is 0.260 e. The van der Waals surface area contributed by atoms with E-state index in [4.69, 9.17) is 10.5 Å². The Morgan fingerprint density at radius 2 is 1.95 bits per heavy atom. The average Bonchev–Trinajstić information content (AvgIpc) is 2.37. The van der Waals surface area contributed by atoms with Crippen LogP contribution in [0.15, 0.2) is 18.2 Å². The van der Waals surface area contributed by atoms with Gasteiger partial charge in [0, 0.05) is 12.6 Å². The summed E-state index contributed by atoms with van der Waals surface area (Å²) in [6.07, 6.45) is 0.253. The second-order valence-corrected chi connectivity index (χ2v) is 5.99. The molecule has 1 aromatic rings. The van der Waals surface area contributed by atoms with Crippen LogP contribution in [-0.2, 0) is 4.79 Å². The molecule has 4 nitrogen and oxygen atoms in total. The highest BCUT2D eigenvalue weighted by molar-refractivity contribution is 5.80. The van der Waals surface area contributed by atoms with Crippen molar-refractivity contribution in [1.29, 1.82) is 0 Å². The number of aryl methyl sites for hydroxylation is 1. The molecule has 0 aliphatic heterocycles. The molecule has 118 valence electrons. The highest BCUT2D eigenvalue weighted by Crippen LogP contribution is 2.24. The van der Waals surface area contributed by atoms with Crippen molar-refractivity contribution in [3.63, 3.8) is 0 Å². The van der Waals surface area contributed by atoms with Crippen molar-refractivity contribution in [3.05, 3.63) is 29.3 Å². The number of nitrogens with one attached hydrogen (secondary N) is 1. The Balaban J connectivity index is 2.56. The minimum atomic E-state index is -0.512. The normalized spacial score (nSPS) is 13.9. The Morgan fingerprint density at radius 3 is 2.48 bits per heavy atom. The standard InChI is InChI=1S/C17H28N2O2/c1-11(2)16-7-6-15(10-12(16)3)21-14(5)17(20)19-9-8-13(4)18/h6-7,10-11,13-14H,8-9,18H2,1-5H3,(H,19,20). The summed E-state index contributed by atoms with van der Waals surface area (Å²) in [5, 5.41) is 2.83. The van der Waals surface area contributed by atoms with Gasteiger partial charge in [0.15, 0.2) is 6.10 Å². The first-order chi connectivity index (χ1) is 9.81. The molecule has 2 atom stereocenters. The second kappa shape index (κ2) is 8.03. The molecule has 0 aliphatic rings. The van der Waals surface area contributed by atoms with Gasteiger partial charge in [-0.2, -0.15) is 0 Å². The lowest BCUT2D eigenvalue weighted by atomic mass is 9.98. The number of carbonyl (C=O) groups is 1. The van der Waals surface area contributed by atoms with Crippen molar-refractivity contribution in [2.24, 2.45) is 5.73 Å². The maximum atomic E-state index is 11.9. The predicted octanol–water partition coefficient (Wildman–Crippen LogP) is 2.74. The van der Waals surface area contributed by atoms with Crippen LogP contribution in [0, 0.1) is 6.92 Å². The molecule has 0 radical (unpaired) electrons. The zero-order chi connectivity index (χ0) is 16.0. The Hall–Kier alpha value is -1.55. The van der Waals surface area contributed by atoms with Crippen LogP contribution < -0.4 is 15.8 Å². The van der Waals surface area contributed by atoms with E-state index in [-0.39, 0.29) is 11.9 Å². The van der Waals surface area contributed by atoms with Crippen molar-refractivity contribution < 1.29 is 9.53 Å². The fourth-order valence-electron chi connectivity index (χ4n) is 2.19. The van der Waals surface area contributed by atoms with Crippen molar-refractivity contribution in [3.8, 4) is 5.75 Å². The number of benzene rings is 1. The molecule has 1 aromatic carbocycles. The predicted molar refractivity (Wildman–Crippen MR) is 86.6 cm³/mol. The minimum Gasteiger partial charge on any atom is -0.481 e. The van der Waals surface area contributed by atoms with E-state index in [0.717, 1.165) is 12.2 Å². The van der Waals surface area contributed by atoms with E-state index in [0.29, 0.717) is 12.5 Å². The van der Waals surface area contributed by atoms with Crippen molar-refractivity contribution in [2.75, 3.05) is 6.54 Å². The molecule has 1 amide bonds. The zero-order valence-electron chi connectivity index (χ0n) is 13.8. The van der Waals surface area contributed by atoms with Crippen LogP contribution in [-0.4, -0.2) is 24.6 Å². The first kappa shape index (κ1) is 17.5. The molecular formula is C17H28N2O2. The molecule has 0 saturated heterocycles. The fraction of sp³-hybridized carbons (Fsp3) is 0.588. The number of ether oxygens (including phenoxy) is 1. The summed E-state index contributed by atoms with van der Waals surface area (Å²) >= 11 is 0. The third-order valence-corrected chi connectivity index (χ3v) is 3.44. The molecule has 0 spiro atoms. The topological polar surface area (TPSA) is 64.3 Å². The summed E-state index contributed by atoms with van der Waals surface area (Å²) in [5.74, 6) is 1.10. The van der Waals surface area contributed by atoms with Crippen LogP contribution in [0.3, 0.4) is 0 Å². The first-order valence-corrected chi connectivity index (χ1v) is 7.61. The second-order valence-electron chi connectivity index (χ2n) is 5.99. The third-order valence-electron chi connectivity index (χ3n) is 3.44. The lowest BCUT2D eigenvalue weighted by Crippen LogP contribution is -2.38. The fourth-order valence-corrected chi connectivity index (χ4v) is 2.19. The molecule has 0 bridgehead atoms. The van der Waals surface area contributed by atoms with E-state index in [1.54, 1.807) is 6.92 Å². The number of carbonyl (C=O) groups excluding carboxylic acids is 1. The van der Waals surface area contributed by atoms with Gasteiger partial charge >= 0.3 is 0 Å². The summed E-state index contributed by atoms with van der Waals surface area (Å²) < 4.78 is 5.71. The van der Waals surface area contributed by atoms with Gasteiger partial charge < -0.3 is 15.8 Å². The van der Waals surface area contributed by atoms with Crippen LogP contribution >= 0.6 is 0 Å². The average molecular weight is 292 g/mol. The highest BCUT2D eigenvalue weighted by Gasteiger charge is 2.15. The van der Waals surface area contributed by atoms with Crippen molar-refractivity contribution >= 4 is 5.91 Å². The SMILES string of the molecule is Cc1cc(OC(C)C(=O)NCCC(C)N)ccc1C(C)C. The zero-order valence-corrected chi connectivity index (χ0v) is 13.8. The summed E-state index contributed by atoms with van der Waals surface area (Å²) in [6, 6.07) is 6.07. The van der Waals surface area contributed by atoms with Crippen LogP contribution in [0.2, 0.25) is 0 Å². The van der Waals surface area contributed by atoms with Crippen LogP contribution in [0.5, 0.6) is 5.75 Å². The molecule has 0 heterocycles. The molecule has 3 N–H and O–H groups in total. The Bertz CT molecular complexity index is 470. The van der Waals surface area contributed by atoms with E-state index in [9.17, 15) is 4.79 Å². The van der Waals surface area contributed by atoms with E-state index < -0.39 is 6.10 Å². The lowest BCUT2D eigenvalue weighted by Gasteiger charge is -2.17. The van der Waals surface area contributed by atoms with Crippen molar-refractivity contribution in [2.45, 2.75) is 59.1 Å². The Labute approximate surface area is 128 Å². The Kier molecular flexibility index (Phi) is 6.69. The maximum absolute atomic E-state index is 11.9. The molecule has 1 rings (SSSR count). The summed E-state index contributed by atoms with van der Waals surface area (Å²) in [6.45, 7) is 10.7. The molecule has 4 heteroatoms. The van der Waals surface area contributed by atoms with Gasteiger partial charge in [-0.25, -0.2) is 0 Å². The van der Waals surface area contributed by atoms with Crippen LogP contribution in [0.1, 0.15) is 51.2 Å². The molecule has 0 fully saturated rings. The van der Waals surface area contributed by atoms with E-state index >= 15 is 0 Å². The van der Waals surface area contributed by atoms with Crippen LogP contribution in [0.4, 0.5) is 0 Å². The molecule has 2 unspecified atom stereocenters. The summed E-state index contributed by atoms with van der Waals surface area (Å²) in [7, 11) is 0. The quantitative estimate of drug-likeness (QED) is 0.812. The van der Waals surface area contributed by atoms with Gasteiger partial charge in [-0.3, -0.25) is 4.79 Å². The van der Waals surface area contributed by atoms with E-state index in [1.165, 1.54) is 11.1 Å². The number of hydrogen-bond acceptors (Lipinski definition) is 3. The van der Waals surface area contributed by atoms with Gasteiger partial charge in [0.1, 0.15) is 5.75 Å². The molecule has 0 aromatic heterocycles. The van der Waals surface area contributed by atoms with E-state index in [2.05, 4.69) is 32.2 Å². The Morgan fingerprint density at radius 1 is 1.29 bits per heavy atom. The van der Waals surface area contributed by atoms with Gasteiger partial charge in [0.05, 0.1) is 0 Å². The van der Waals surface area contributed by atoms with Gasteiger partial charge in [-0.1, -0.05) is 19.9 Å². The number of hydrogen-bond donors (Lipinski definition) is 2. The van der Waals surface area contributed by atoms with Crippen LogP contribution in [0.25, 0.3) is 0 Å². The molecular weight excluding hydrogens is 264 g/mol. The largest absolute Gasteiger partial charge is 0.481 e. The number of nitrogens with two attached hydrogens (primary N) is 1. The highest BCUT2D eigenvalue weighted by atomic mass is 16.5. The van der Waals surface area contributed by atoms with Crippen molar-refractivity contribution in [1.82, 2.24) is 5.32 Å². The van der Waals surface area contributed by atoms with Gasteiger partial charge in [0.25, 0.3) is 5.91 Å².